The number of nitrogens with zero attached hydrogens (tertiary/aromatic N) is 3. The van der Waals surface area contributed by atoms with Gasteiger partial charge in [0.05, 0.1) is 11.3 Å². The van der Waals surface area contributed by atoms with Gasteiger partial charge in [-0.15, -0.1) is 0 Å². The molecular weight excluding hydrogens is 483 g/mol. The average molecular weight is 513 g/mol. The van der Waals surface area contributed by atoms with Crippen LogP contribution in [-0.4, -0.2) is 65.5 Å². The van der Waals surface area contributed by atoms with Crippen molar-refractivity contribution in [3.8, 4) is 0 Å². The van der Waals surface area contributed by atoms with E-state index < -0.39 is 0 Å². The minimum Gasteiger partial charge on any atom is -0.398 e. The Bertz CT molecular complexity index is 927. The van der Waals surface area contributed by atoms with E-state index in [1.54, 1.807) is 18.4 Å². The van der Waals surface area contributed by atoms with Crippen molar-refractivity contribution < 1.29 is 9.59 Å². The number of carbonyl (C=O) groups excluding carboxylic acids is 2. The normalized spacial score (nSPS) is 15.8. The van der Waals surface area contributed by atoms with E-state index in [1.807, 2.05) is 10.3 Å². The fraction of sp³-hybridized carbons (Fsp3) is 0.500. The maximum atomic E-state index is 12.5. The molecule has 0 aliphatic carbocycles. The Balaban J connectivity index is 1.47. The van der Waals surface area contributed by atoms with Crippen molar-refractivity contribution in [3.63, 3.8) is 0 Å². The van der Waals surface area contributed by atoms with E-state index in [-0.39, 0.29) is 45.6 Å². The van der Waals surface area contributed by atoms with Gasteiger partial charge in [0.25, 0.3) is 5.91 Å². The zero-order chi connectivity index (χ0) is 24.0. The second kappa shape index (κ2) is 11.9. The van der Waals surface area contributed by atoms with Crippen LogP contribution in [0.2, 0.25) is 10.3 Å². The Morgan fingerprint density at radius 2 is 2.09 bits per heavy atom. The zero-order valence-electron chi connectivity index (χ0n) is 18.8. The molecule has 1 aliphatic heterocycles. The maximum Gasteiger partial charge on any atom is 0.317 e. The fourth-order valence-electron chi connectivity index (χ4n) is 4.12. The highest BCUT2D eigenvalue weighted by atomic mass is 35.5. The first-order chi connectivity index (χ1) is 15.8. The molecule has 2 aromatic heterocycles. The summed E-state index contributed by atoms with van der Waals surface area (Å²) in [5, 5.41) is 9.91. The Kier molecular flexibility index (Phi) is 9.19. The van der Waals surface area contributed by atoms with Crippen molar-refractivity contribution in [2.75, 3.05) is 32.4 Å². The molecule has 3 amide bonds. The number of anilines is 1. The number of carbonyl (C=O) groups is 2. The van der Waals surface area contributed by atoms with Gasteiger partial charge in [0, 0.05) is 45.3 Å². The molecule has 1 fully saturated rings. The summed E-state index contributed by atoms with van der Waals surface area (Å²) in [7, 11) is 1.68. The first kappa shape index (κ1) is 25.6. The molecule has 0 bridgehead atoms. The van der Waals surface area contributed by atoms with E-state index in [1.165, 1.54) is 6.07 Å². The number of nitrogens with two attached hydrogens (primary N) is 1. The largest absolute Gasteiger partial charge is 0.398 e. The summed E-state index contributed by atoms with van der Waals surface area (Å²) < 4.78 is 0. The Hall–Kier alpha value is -2.07. The molecule has 3 rings (SSSR count). The summed E-state index contributed by atoms with van der Waals surface area (Å²) in [6.45, 7) is 5.06. The van der Waals surface area contributed by atoms with Crippen LogP contribution in [0.25, 0.3) is 0 Å². The lowest BCUT2D eigenvalue weighted by atomic mass is 10.0. The molecule has 33 heavy (non-hydrogen) atoms. The van der Waals surface area contributed by atoms with Crippen molar-refractivity contribution in [3.05, 3.63) is 44.3 Å². The van der Waals surface area contributed by atoms with Crippen LogP contribution < -0.4 is 16.4 Å². The third-order valence-electron chi connectivity index (χ3n) is 6.02. The van der Waals surface area contributed by atoms with Gasteiger partial charge in [-0.2, -0.15) is 11.3 Å². The number of pyridine rings is 1. The van der Waals surface area contributed by atoms with E-state index in [0.29, 0.717) is 13.1 Å². The van der Waals surface area contributed by atoms with Gasteiger partial charge in [0.15, 0.2) is 0 Å². The molecule has 0 aromatic carbocycles. The minimum atomic E-state index is -0.359. The monoisotopic (exact) mass is 512 g/mol. The lowest BCUT2D eigenvalue weighted by molar-refractivity contribution is 0.0908. The summed E-state index contributed by atoms with van der Waals surface area (Å²) in [4.78, 5) is 33.2. The van der Waals surface area contributed by atoms with E-state index in [9.17, 15) is 9.59 Å². The molecule has 180 valence electrons. The molecular formula is C22H30Cl2N6O2S. The number of piperidine rings is 1. The first-order valence-electron chi connectivity index (χ1n) is 10.9. The highest BCUT2D eigenvalue weighted by Crippen LogP contribution is 2.24. The van der Waals surface area contributed by atoms with Gasteiger partial charge in [-0.3, -0.25) is 4.79 Å². The molecule has 0 spiro atoms. The number of rotatable bonds is 8. The quantitative estimate of drug-likeness (QED) is 0.466. The van der Waals surface area contributed by atoms with Gasteiger partial charge in [0.1, 0.15) is 10.3 Å². The maximum absolute atomic E-state index is 12.5. The van der Waals surface area contributed by atoms with Crippen molar-refractivity contribution in [1.82, 2.24) is 25.4 Å². The zero-order valence-corrected chi connectivity index (χ0v) is 21.1. The Labute approximate surface area is 208 Å². The smallest absolute Gasteiger partial charge is 0.317 e. The summed E-state index contributed by atoms with van der Waals surface area (Å²) in [6.07, 6.45) is 2.61. The van der Waals surface area contributed by atoms with Gasteiger partial charge in [-0.05, 0) is 54.6 Å². The molecule has 4 N–H and O–H groups in total. The molecule has 1 aliphatic rings. The fourth-order valence-corrected chi connectivity index (χ4v) is 5.31. The first-order valence-corrected chi connectivity index (χ1v) is 12.6. The van der Waals surface area contributed by atoms with Gasteiger partial charge >= 0.3 is 6.03 Å². The van der Waals surface area contributed by atoms with Crippen LogP contribution in [0, 0.1) is 0 Å². The Morgan fingerprint density at radius 1 is 1.36 bits per heavy atom. The van der Waals surface area contributed by atoms with Crippen LogP contribution in [0.3, 0.4) is 0 Å². The number of nitrogen functional groups attached to an aromatic ring is 1. The number of amides is 3. The number of hydrogen-bond donors (Lipinski definition) is 3. The standard InChI is InChI=1S/C22H30Cl2N6O2S/c1-14(3-7-27-21(31)19-17(25)11-18(23)28-20(19)24)29-8-4-16(5-9-29)30(22(32)26-2)12-15-6-10-33-13-15/h6,10-11,13-14,16H,3-5,7-9,12H2,1-2H3,(H2,25,28)(H,26,32)(H,27,31). The van der Waals surface area contributed by atoms with Crippen molar-refractivity contribution in [1.29, 1.82) is 0 Å². The molecule has 11 heteroatoms. The highest BCUT2D eigenvalue weighted by molar-refractivity contribution is 7.07. The van der Waals surface area contributed by atoms with E-state index >= 15 is 0 Å². The summed E-state index contributed by atoms with van der Waals surface area (Å²) >= 11 is 13.5. The van der Waals surface area contributed by atoms with Gasteiger partial charge in [-0.25, -0.2) is 9.78 Å². The van der Waals surface area contributed by atoms with Gasteiger partial charge in [-0.1, -0.05) is 23.2 Å². The lowest BCUT2D eigenvalue weighted by Gasteiger charge is -2.40. The minimum absolute atomic E-state index is 0.00394. The summed E-state index contributed by atoms with van der Waals surface area (Å²) in [5.41, 5.74) is 7.38. The van der Waals surface area contributed by atoms with Gasteiger partial charge < -0.3 is 26.2 Å². The predicted octanol–water partition coefficient (Wildman–Crippen LogP) is 3.85. The lowest BCUT2D eigenvalue weighted by Crippen LogP contribution is -2.51. The third-order valence-corrected chi connectivity index (χ3v) is 7.22. The molecule has 0 radical (unpaired) electrons. The van der Waals surface area contributed by atoms with E-state index in [4.69, 9.17) is 28.9 Å². The molecule has 2 aromatic rings. The molecule has 1 unspecified atom stereocenters. The van der Waals surface area contributed by atoms with Crippen LogP contribution in [0.5, 0.6) is 0 Å². The van der Waals surface area contributed by atoms with Crippen LogP contribution >= 0.6 is 34.5 Å². The third kappa shape index (κ3) is 6.72. The topological polar surface area (TPSA) is 104 Å². The van der Waals surface area contributed by atoms with Crippen molar-refractivity contribution >= 4 is 52.2 Å². The average Bonchev–Trinajstić information content (AvgIpc) is 3.29. The van der Waals surface area contributed by atoms with Gasteiger partial charge in [0.2, 0.25) is 0 Å². The molecule has 1 atom stereocenters. The molecule has 8 nitrogen and oxygen atoms in total. The predicted molar refractivity (Wildman–Crippen MR) is 134 cm³/mol. The molecule has 1 saturated heterocycles. The molecule has 0 saturated carbocycles. The number of thiophene rings is 1. The van der Waals surface area contributed by atoms with Crippen molar-refractivity contribution in [2.24, 2.45) is 0 Å². The van der Waals surface area contributed by atoms with E-state index in [2.05, 4.69) is 38.9 Å². The van der Waals surface area contributed by atoms with Crippen LogP contribution in [0.1, 0.15) is 42.1 Å². The number of urea groups is 1. The highest BCUT2D eigenvalue weighted by Gasteiger charge is 2.29. The number of hydrogen-bond acceptors (Lipinski definition) is 6. The summed E-state index contributed by atoms with van der Waals surface area (Å²) in [6, 6.07) is 3.93. The number of nitrogens with one attached hydrogen (secondary N) is 2. The Morgan fingerprint density at radius 3 is 2.70 bits per heavy atom. The number of aromatic nitrogens is 1. The summed E-state index contributed by atoms with van der Waals surface area (Å²) in [5.74, 6) is -0.359. The second-order valence-corrected chi connectivity index (χ2v) is 9.70. The number of halogens is 2. The van der Waals surface area contributed by atoms with Crippen LogP contribution in [-0.2, 0) is 6.54 Å². The van der Waals surface area contributed by atoms with Crippen molar-refractivity contribution in [2.45, 2.75) is 44.8 Å². The SMILES string of the molecule is CNC(=O)N(Cc1ccsc1)C1CCN(C(C)CCNC(=O)c2c(N)cc(Cl)nc2Cl)CC1. The second-order valence-electron chi connectivity index (χ2n) is 8.18. The molecule has 3 heterocycles. The van der Waals surface area contributed by atoms with Crippen LogP contribution in [0.15, 0.2) is 22.9 Å². The van der Waals surface area contributed by atoms with Crippen LogP contribution in [0.4, 0.5) is 10.5 Å². The van der Waals surface area contributed by atoms with E-state index in [0.717, 1.165) is 37.9 Å². The number of likely N-dealkylation sites (tertiary alicyclic amines) is 1.